The molecule has 0 amide bonds. The highest BCUT2D eigenvalue weighted by Gasteiger charge is 2.68. The summed E-state index contributed by atoms with van der Waals surface area (Å²) in [6.45, 7) is 8.74. The number of aldehydes is 1. The van der Waals surface area contributed by atoms with Gasteiger partial charge >= 0.3 is 0 Å². The molecule has 0 aromatic heterocycles. The number of aliphatic hydroxyl groups excluding tert-OH is 2. The van der Waals surface area contributed by atoms with Crippen LogP contribution in [0.3, 0.4) is 0 Å². The van der Waals surface area contributed by atoms with Gasteiger partial charge in [0.05, 0.1) is 23.9 Å². The summed E-state index contributed by atoms with van der Waals surface area (Å²) in [6, 6.07) is 0. The van der Waals surface area contributed by atoms with Crippen molar-refractivity contribution in [1.29, 1.82) is 0 Å². The summed E-state index contributed by atoms with van der Waals surface area (Å²) in [4.78, 5) is 11.1. The summed E-state index contributed by atoms with van der Waals surface area (Å²) in [5, 5.41) is 20.7. The highest BCUT2D eigenvalue weighted by atomic mass is 16.5. The van der Waals surface area contributed by atoms with Crippen LogP contribution in [-0.2, 0) is 9.53 Å². The van der Waals surface area contributed by atoms with Crippen LogP contribution in [0.15, 0.2) is 0 Å². The standard InChI is InChI=1S/C20H34O4/c1-14-5-6-15-18(3,13-22)16(23)7-8-19(15,4)20(14)10-9-17(2,24-20)11-12-21/h12,14-16,22-23H,5-11,13H2,1-4H3/t14-,15-,16?,17+,18?,19-,20+/m0/s1. The van der Waals surface area contributed by atoms with Crippen molar-refractivity contribution in [3.8, 4) is 0 Å². The second kappa shape index (κ2) is 5.78. The number of hydrogen-bond donors (Lipinski definition) is 2. The molecule has 1 saturated heterocycles. The first-order valence-corrected chi connectivity index (χ1v) is 9.60. The van der Waals surface area contributed by atoms with Crippen LogP contribution in [0.4, 0.5) is 0 Å². The van der Waals surface area contributed by atoms with E-state index in [0.29, 0.717) is 18.8 Å². The fourth-order valence-electron chi connectivity index (χ4n) is 6.54. The van der Waals surface area contributed by atoms with Crippen molar-refractivity contribution in [2.75, 3.05) is 6.61 Å². The first kappa shape index (κ1) is 18.3. The van der Waals surface area contributed by atoms with E-state index in [4.69, 9.17) is 4.74 Å². The normalized spacial score (nSPS) is 54.7. The first-order chi connectivity index (χ1) is 11.2. The zero-order valence-electron chi connectivity index (χ0n) is 15.7. The molecule has 2 N–H and O–H groups in total. The Morgan fingerprint density at radius 1 is 1.12 bits per heavy atom. The fraction of sp³-hybridized carbons (Fsp3) is 0.950. The van der Waals surface area contributed by atoms with Crippen molar-refractivity contribution >= 4 is 6.29 Å². The van der Waals surface area contributed by atoms with Gasteiger partial charge in [-0.25, -0.2) is 0 Å². The molecular weight excluding hydrogens is 304 g/mol. The second-order valence-electron chi connectivity index (χ2n) is 9.48. The van der Waals surface area contributed by atoms with Crippen LogP contribution in [0.5, 0.6) is 0 Å². The molecule has 3 rings (SSSR count). The number of carbonyl (C=O) groups excluding carboxylic acids is 1. The lowest BCUT2D eigenvalue weighted by Crippen LogP contribution is -2.66. The Morgan fingerprint density at radius 3 is 2.46 bits per heavy atom. The van der Waals surface area contributed by atoms with Crippen molar-refractivity contribution in [1.82, 2.24) is 0 Å². The lowest BCUT2D eigenvalue weighted by Gasteiger charge is -2.65. The predicted molar refractivity (Wildman–Crippen MR) is 92.6 cm³/mol. The van der Waals surface area contributed by atoms with Crippen LogP contribution in [0, 0.1) is 22.7 Å². The van der Waals surface area contributed by atoms with Gasteiger partial charge in [-0.15, -0.1) is 0 Å². The zero-order valence-corrected chi connectivity index (χ0v) is 15.7. The fourth-order valence-corrected chi connectivity index (χ4v) is 6.54. The quantitative estimate of drug-likeness (QED) is 0.776. The molecular formula is C20H34O4. The van der Waals surface area contributed by atoms with Gasteiger partial charge in [-0.3, -0.25) is 0 Å². The summed E-state index contributed by atoms with van der Waals surface area (Å²) in [5.74, 6) is 0.680. The molecule has 2 aliphatic carbocycles. The minimum Gasteiger partial charge on any atom is -0.396 e. The van der Waals surface area contributed by atoms with Crippen molar-refractivity contribution in [3.63, 3.8) is 0 Å². The minimum atomic E-state index is -0.465. The molecule has 0 aromatic rings. The van der Waals surface area contributed by atoms with Gasteiger partial charge in [0.2, 0.25) is 0 Å². The zero-order chi connectivity index (χ0) is 17.8. The molecule has 1 aliphatic heterocycles. The van der Waals surface area contributed by atoms with Gasteiger partial charge in [0.25, 0.3) is 0 Å². The van der Waals surface area contributed by atoms with E-state index in [1.165, 1.54) is 0 Å². The average Bonchev–Trinajstić information content (AvgIpc) is 2.89. The SMILES string of the molecule is C[C@H]1CC[C@H]2C(C)(CO)C(O)CC[C@]2(C)[C@@]12CC[C@](C)(CC=O)O2. The van der Waals surface area contributed by atoms with Crippen molar-refractivity contribution in [2.45, 2.75) is 89.9 Å². The smallest absolute Gasteiger partial charge is 0.122 e. The number of fused-ring (bicyclic) bond motifs is 2. The highest BCUT2D eigenvalue weighted by Crippen LogP contribution is 2.67. The number of rotatable bonds is 3. The van der Waals surface area contributed by atoms with Gasteiger partial charge < -0.3 is 19.7 Å². The maximum absolute atomic E-state index is 11.1. The Morgan fingerprint density at radius 2 is 1.83 bits per heavy atom. The van der Waals surface area contributed by atoms with Crippen LogP contribution in [0.1, 0.15) is 72.6 Å². The summed E-state index contributed by atoms with van der Waals surface area (Å²) in [7, 11) is 0. The maximum atomic E-state index is 11.1. The molecule has 3 aliphatic rings. The Kier molecular flexibility index (Phi) is 4.42. The van der Waals surface area contributed by atoms with Crippen LogP contribution in [-0.4, -0.2) is 40.4 Å². The van der Waals surface area contributed by atoms with E-state index < -0.39 is 11.5 Å². The van der Waals surface area contributed by atoms with Crippen LogP contribution < -0.4 is 0 Å². The van der Waals surface area contributed by atoms with E-state index in [2.05, 4.69) is 20.8 Å². The van der Waals surface area contributed by atoms with Crippen molar-refractivity contribution < 1.29 is 19.7 Å². The van der Waals surface area contributed by atoms with Gasteiger partial charge in [-0.2, -0.15) is 0 Å². The largest absolute Gasteiger partial charge is 0.396 e. The molecule has 1 heterocycles. The number of ether oxygens (including phenoxy) is 1. The van der Waals surface area contributed by atoms with Crippen molar-refractivity contribution in [2.24, 2.45) is 22.7 Å². The molecule has 1 spiro atoms. The molecule has 2 unspecified atom stereocenters. The van der Waals surface area contributed by atoms with Gasteiger partial charge in [-0.05, 0) is 57.3 Å². The van der Waals surface area contributed by atoms with Crippen LogP contribution in [0.25, 0.3) is 0 Å². The predicted octanol–water partition coefficient (Wildman–Crippen LogP) is 3.09. The van der Waals surface area contributed by atoms with Gasteiger partial charge in [0.1, 0.15) is 6.29 Å². The van der Waals surface area contributed by atoms with Crippen LogP contribution >= 0.6 is 0 Å². The third-order valence-electron chi connectivity index (χ3n) is 8.22. The Labute approximate surface area is 146 Å². The topological polar surface area (TPSA) is 66.8 Å². The highest BCUT2D eigenvalue weighted by molar-refractivity contribution is 5.51. The Balaban J connectivity index is 2.02. The molecule has 2 saturated carbocycles. The molecule has 0 radical (unpaired) electrons. The van der Waals surface area contributed by atoms with E-state index >= 15 is 0 Å². The lowest BCUT2D eigenvalue weighted by molar-refractivity contribution is -0.264. The van der Waals surface area contributed by atoms with E-state index in [1.54, 1.807) is 0 Å². The Hall–Kier alpha value is -0.450. The van der Waals surface area contributed by atoms with Crippen LogP contribution in [0.2, 0.25) is 0 Å². The van der Waals surface area contributed by atoms with Gasteiger partial charge in [-0.1, -0.05) is 20.8 Å². The number of hydrogen-bond acceptors (Lipinski definition) is 4. The summed E-state index contributed by atoms with van der Waals surface area (Å²) in [6.07, 6.45) is 6.59. The molecule has 0 bridgehead atoms. The maximum Gasteiger partial charge on any atom is 0.122 e. The minimum absolute atomic E-state index is 0.0183. The summed E-state index contributed by atoms with van der Waals surface area (Å²) >= 11 is 0. The van der Waals surface area contributed by atoms with Crippen molar-refractivity contribution in [3.05, 3.63) is 0 Å². The number of carbonyl (C=O) groups is 1. The third-order valence-corrected chi connectivity index (χ3v) is 8.22. The molecule has 7 atom stereocenters. The number of aliphatic hydroxyl groups is 2. The van der Waals surface area contributed by atoms with E-state index in [0.717, 1.165) is 38.4 Å². The monoisotopic (exact) mass is 338 g/mol. The molecule has 4 nitrogen and oxygen atoms in total. The average molecular weight is 338 g/mol. The molecule has 0 aromatic carbocycles. The molecule has 24 heavy (non-hydrogen) atoms. The summed E-state index contributed by atoms with van der Waals surface area (Å²) in [5.41, 5.74) is -1.15. The second-order valence-corrected chi connectivity index (χ2v) is 9.48. The molecule has 3 fully saturated rings. The third kappa shape index (κ3) is 2.25. The summed E-state index contributed by atoms with van der Waals surface area (Å²) < 4.78 is 6.78. The molecule has 138 valence electrons. The lowest BCUT2D eigenvalue weighted by atomic mass is 9.43. The van der Waals surface area contributed by atoms with Gasteiger partial charge in [0.15, 0.2) is 0 Å². The first-order valence-electron chi connectivity index (χ1n) is 9.60. The van der Waals surface area contributed by atoms with Gasteiger partial charge in [0, 0.05) is 17.3 Å². The van der Waals surface area contributed by atoms with E-state index in [1.807, 2.05) is 6.92 Å². The Bertz CT molecular complexity index is 508. The van der Waals surface area contributed by atoms with E-state index in [9.17, 15) is 15.0 Å². The van der Waals surface area contributed by atoms with E-state index in [-0.39, 0.29) is 29.1 Å². The molecule has 4 heteroatoms.